The number of hydrogen-bond acceptors (Lipinski definition) is 2. The molecule has 316 valence electrons. The monoisotopic (exact) mass is 985 g/mol. The molecule has 3 heterocycles. The molecule has 0 aliphatic rings. The number of pyridine rings is 1. The Labute approximate surface area is 377 Å². The quantitative estimate of drug-likeness (QED) is 0.107. The Morgan fingerprint density at radius 1 is 0.656 bits per heavy atom. The summed E-state index contributed by atoms with van der Waals surface area (Å²) in [6, 6.07) is 43.9. The summed E-state index contributed by atoms with van der Waals surface area (Å²) in [7, 11) is 0. The standard InChI is InChI=1S/C55H58N4O.Pt/c1-35(2)39-28-47(36(3)4)53(48(29-39)37(5)6)38-17-15-18-41(27-38)57-33-51(55(10,11)12)58(34-57)42-19-16-20-43(31-42)60-44-23-24-46-45-21-13-14-22-49(45)59(50(46)32-44)52-30-40(25-26-56-52)54(7,8)9;/h13-30,33,35-37H,1-12H3;/q-2;. The molecule has 0 saturated carbocycles. The predicted octanol–water partition coefficient (Wildman–Crippen LogP) is 14.1. The molecule has 0 unspecified atom stereocenters. The van der Waals surface area contributed by atoms with Crippen LogP contribution in [0.15, 0.2) is 116 Å². The second kappa shape index (κ2) is 16.9. The van der Waals surface area contributed by atoms with E-state index in [0.29, 0.717) is 29.3 Å². The molecule has 8 rings (SSSR count). The Hall–Kier alpha value is -5.25. The van der Waals surface area contributed by atoms with Crippen molar-refractivity contribution in [2.24, 2.45) is 0 Å². The molecule has 5 aromatic carbocycles. The van der Waals surface area contributed by atoms with E-state index in [-0.39, 0.29) is 31.9 Å². The summed E-state index contributed by atoms with van der Waals surface area (Å²) in [5.74, 6) is 3.32. The first kappa shape index (κ1) is 43.8. The zero-order valence-corrected chi connectivity index (χ0v) is 40.0. The van der Waals surface area contributed by atoms with Crippen LogP contribution in [-0.4, -0.2) is 14.1 Å². The van der Waals surface area contributed by atoms with Gasteiger partial charge in [-0.15, -0.1) is 29.7 Å². The van der Waals surface area contributed by atoms with Crippen molar-refractivity contribution in [3.8, 4) is 39.8 Å². The van der Waals surface area contributed by atoms with Crippen LogP contribution in [0.5, 0.6) is 11.5 Å². The Kier molecular flexibility index (Phi) is 12.1. The fourth-order valence-electron chi connectivity index (χ4n) is 8.24. The number of rotatable bonds is 9. The molecule has 0 fully saturated rings. The summed E-state index contributed by atoms with van der Waals surface area (Å²) in [6.07, 6.45) is 7.81. The molecule has 8 aromatic rings. The summed E-state index contributed by atoms with van der Waals surface area (Å²) in [5, 5.41) is 2.24. The minimum atomic E-state index is -0.184. The van der Waals surface area contributed by atoms with Gasteiger partial charge in [-0.3, -0.25) is 4.57 Å². The largest absolute Gasteiger partial charge is 0.510 e. The van der Waals surface area contributed by atoms with E-state index in [4.69, 9.17) is 9.72 Å². The second-order valence-electron chi connectivity index (χ2n) is 19.3. The van der Waals surface area contributed by atoms with Crippen molar-refractivity contribution in [2.45, 2.75) is 112 Å². The van der Waals surface area contributed by atoms with E-state index in [2.05, 4.69) is 206 Å². The third kappa shape index (κ3) is 8.64. The third-order valence-corrected chi connectivity index (χ3v) is 11.6. The molecule has 0 radical (unpaired) electrons. The summed E-state index contributed by atoms with van der Waals surface area (Å²) in [4.78, 5) is 4.84. The van der Waals surface area contributed by atoms with Crippen LogP contribution in [0, 0.1) is 18.5 Å². The van der Waals surface area contributed by atoms with Crippen LogP contribution in [0.4, 0.5) is 0 Å². The molecule has 3 aromatic heterocycles. The predicted molar refractivity (Wildman–Crippen MR) is 248 cm³/mol. The van der Waals surface area contributed by atoms with Gasteiger partial charge in [0.05, 0.1) is 11.4 Å². The van der Waals surface area contributed by atoms with Gasteiger partial charge in [-0.2, -0.15) is 18.2 Å². The first-order valence-electron chi connectivity index (χ1n) is 21.5. The molecule has 6 heteroatoms. The number of benzene rings is 5. The van der Waals surface area contributed by atoms with Crippen LogP contribution in [0.3, 0.4) is 0 Å². The maximum absolute atomic E-state index is 6.60. The van der Waals surface area contributed by atoms with Crippen LogP contribution in [0.25, 0.3) is 50.1 Å². The normalized spacial score (nSPS) is 12.2. The minimum absolute atomic E-state index is 0. The number of fused-ring (bicyclic) bond motifs is 3. The third-order valence-electron chi connectivity index (χ3n) is 11.6. The topological polar surface area (TPSA) is 35.9 Å². The van der Waals surface area contributed by atoms with Gasteiger partial charge in [0.25, 0.3) is 6.33 Å². The van der Waals surface area contributed by atoms with E-state index in [1.54, 1.807) is 0 Å². The van der Waals surface area contributed by atoms with Crippen molar-refractivity contribution in [2.75, 3.05) is 0 Å². The van der Waals surface area contributed by atoms with Crippen LogP contribution in [0.2, 0.25) is 0 Å². The summed E-state index contributed by atoms with van der Waals surface area (Å²) < 4.78 is 13.0. The van der Waals surface area contributed by atoms with E-state index >= 15 is 0 Å². The number of aromatic nitrogens is 4. The number of para-hydroxylation sites is 1. The van der Waals surface area contributed by atoms with Gasteiger partial charge in [-0.05, 0) is 103 Å². The fourth-order valence-corrected chi connectivity index (χ4v) is 8.24. The summed E-state index contributed by atoms with van der Waals surface area (Å²) >= 11 is 0. The van der Waals surface area contributed by atoms with Gasteiger partial charge in [-0.1, -0.05) is 131 Å². The first-order chi connectivity index (χ1) is 28.5. The molecule has 0 N–H and O–H groups in total. The number of ether oxygens (including phenoxy) is 1. The molecule has 0 saturated heterocycles. The number of nitrogens with zero attached hydrogens (tertiary/aromatic N) is 4. The van der Waals surface area contributed by atoms with E-state index in [0.717, 1.165) is 44.7 Å². The Balaban J connectivity index is 0.00000561. The van der Waals surface area contributed by atoms with Crippen molar-refractivity contribution in [3.05, 3.63) is 162 Å². The Bertz CT molecular complexity index is 2830. The van der Waals surface area contributed by atoms with Crippen molar-refractivity contribution in [3.63, 3.8) is 0 Å². The van der Waals surface area contributed by atoms with Crippen LogP contribution >= 0.6 is 0 Å². The fraction of sp³-hybridized carbons (Fsp3) is 0.309. The van der Waals surface area contributed by atoms with Gasteiger partial charge >= 0.3 is 0 Å². The first-order valence-corrected chi connectivity index (χ1v) is 21.5. The number of imidazole rings is 1. The molecule has 0 atom stereocenters. The maximum atomic E-state index is 6.60. The Morgan fingerprint density at radius 3 is 2.02 bits per heavy atom. The average molecular weight is 986 g/mol. The zero-order chi connectivity index (χ0) is 42.7. The van der Waals surface area contributed by atoms with Crippen LogP contribution < -0.4 is 9.30 Å². The molecular weight excluding hydrogens is 928 g/mol. The van der Waals surface area contributed by atoms with E-state index in [1.165, 1.54) is 33.4 Å². The van der Waals surface area contributed by atoms with Crippen LogP contribution in [-0.2, 0) is 31.9 Å². The van der Waals surface area contributed by atoms with E-state index in [9.17, 15) is 0 Å². The van der Waals surface area contributed by atoms with E-state index < -0.39 is 0 Å². The average Bonchev–Trinajstić information content (AvgIpc) is 3.81. The maximum Gasteiger partial charge on any atom is 0.267 e. The Morgan fingerprint density at radius 2 is 1.34 bits per heavy atom. The molecule has 61 heavy (non-hydrogen) atoms. The number of hydrogen-bond donors (Lipinski definition) is 0. The van der Waals surface area contributed by atoms with Gasteiger partial charge in [-0.25, -0.2) is 4.98 Å². The summed E-state index contributed by atoms with van der Waals surface area (Å²) in [6.45, 7) is 27.2. The molecule has 0 spiro atoms. The van der Waals surface area contributed by atoms with Crippen molar-refractivity contribution >= 4 is 21.8 Å². The van der Waals surface area contributed by atoms with E-state index in [1.807, 2.05) is 24.4 Å². The SMILES string of the molecule is CC(C)c1cc(C(C)C)c(-c2cccc(-[n+]3[c-]n(-c4[c-]c(Oc5[c-]c6c(cc5)c5ccccc5n6-c5cc(C(C)(C)C)ccn5)ccc4)c(C(C)(C)C)c3)c2)c(C(C)C)c1.[Pt]. The van der Waals surface area contributed by atoms with Crippen molar-refractivity contribution in [1.82, 2.24) is 14.1 Å². The van der Waals surface area contributed by atoms with Gasteiger partial charge in [0.15, 0.2) is 0 Å². The van der Waals surface area contributed by atoms with Crippen molar-refractivity contribution < 1.29 is 30.4 Å². The van der Waals surface area contributed by atoms with Crippen LogP contribution in [0.1, 0.15) is 129 Å². The molecule has 0 amide bonds. The van der Waals surface area contributed by atoms with Gasteiger partial charge in [0, 0.05) is 50.5 Å². The molecule has 0 bridgehead atoms. The smallest absolute Gasteiger partial charge is 0.267 e. The molecule has 5 nitrogen and oxygen atoms in total. The molecule has 0 aliphatic carbocycles. The van der Waals surface area contributed by atoms with Crippen molar-refractivity contribution in [1.29, 1.82) is 0 Å². The van der Waals surface area contributed by atoms with Gasteiger partial charge < -0.3 is 13.9 Å². The van der Waals surface area contributed by atoms with Gasteiger partial charge in [0.1, 0.15) is 5.82 Å². The minimum Gasteiger partial charge on any atom is -0.510 e. The zero-order valence-electron chi connectivity index (χ0n) is 37.7. The van der Waals surface area contributed by atoms with Gasteiger partial charge in [0.2, 0.25) is 0 Å². The summed E-state index contributed by atoms with van der Waals surface area (Å²) in [5.41, 5.74) is 12.8. The molecule has 0 aliphatic heterocycles. The molecular formula is C55H58N4OPt-2. The second-order valence-corrected chi connectivity index (χ2v) is 19.3.